The first-order chi connectivity index (χ1) is 9.99. The zero-order valence-corrected chi connectivity index (χ0v) is 11.3. The standard InChI is InChI=1S/C15H13FN2O3/c1-17-14(19)13-8-10(15(20)21)7-12(18-13)6-9-3-2-4-11(16)5-9/h2-5,7-8H,6H2,1H3,(H,17,19)(H,20,21). The summed E-state index contributed by atoms with van der Waals surface area (Å²) in [5, 5.41) is 11.5. The van der Waals surface area contributed by atoms with E-state index in [1.54, 1.807) is 12.1 Å². The Bertz CT molecular complexity index is 701. The number of nitrogens with zero attached hydrogens (tertiary/aromatic N) is 1. The summed E-state index contributed by atoms with van der Waals surface area (Å²) in [5.41, 5.74) is 1.02. The first-order valence-corrected chi connectivity index (χ1v) is 6.20. The van der Waals surface area contributed by atoms with Gasteiger partial charge in [-0.2, -0.15) is 0 Å². The van der Waals surface area contributed by atoms with Crippen LogP contribution >= 0.6 is 0 Å². The molecule has 6 heteroatoms. The lowest BCUT2D eigenvalue weighted by Crippen LogP contribution is -2.20. The third-order valence-electron chi connectivity index (χ3n) is 2.86. The van der Waals surface area contributed by atoms with Gasteiger partial charge in [-0.1, -0.05) is 12.1 Å². The number of aromatic carboxylic acids is 1. The molecular formula is C15H13FN2O3. The van der Waals surface area contributed by atoms with Crippen molar-refractivity contribution in [2.45, 2.75) is 6.42 Å². The number of carboxylic acids is 1. The van der Waals surface area contributed by atoms with Crippen LogP contribution < -0.4 is 5.32 Å². The van der Waals surface area contributed by atoms with E-state index in [1.807, 2.05) is 0 Å². The molecule has 2 aromatic rings. The monoisotopic (exact) mass is 288 g/mol. The van der Waals surface area contributed by atoms with Crippen molar-refractivity contribution in [3.63, 3.8) is 0 Å². The molecule has 0 fully saturated rings. The highest BCUT2D eigenvalue weighted by Crippen LogP contribution is 2.13. The Morgan fingerprint density at radius 2 is 2.05 bits per heavy atom. The van der Waals surface area contributed by atoms with Crippen molar-refractivity contribution < 1.29 is 19.1 Å². The Morgan fingerprint density at radius 3 is 2.67 bits per heavy atom. The molecule has 21 heavy (non-hydrogen) atoms. The van der Waals surface area contributed by atoms with E-state index < -0.39 is 11.9 Å². The molecule has 0 saturated heterocycles. The fraction of sp³-hybridized carbons (Fsp3) is 0.133. The van der Waals surface area contributed by atoms with Crippen LogP contribution in [0.15, 0.2) is 36.4 Å². The normalized spacial score (nSPS) is 10.2. The van der Waals surface area contributed by atoms with Gasteiger partial charge in [0.05, 0.1) is 5.56 Å². The Kier molecular flexibility index (Phi) is 4.27. The fourth-order valence-corrected chi connectivity index (χ4v) is 1.90. The van der Waals surface area contributed by atoms with Gasteiger partial charge in [0.1, 0.15) is 11.5 Å². The molecule has 0 bridgehead atoms. The molecule has 108 valence electrons. The average molecular weight is 288 g/mol. The highest BCUT2D eigenvalue weighted by molar-refractivity contribution is 5.95. The Balaban J connectivity index is 2.40. The van der Waals surface area contributed by atoms with Gasteiger partial charge in [-0.3, -0.25) is 4.79 Å². The van der Waals surface area contributed by atoms with E-state index in [1.165, 1.54) is 31.3 Å². The number of hydrogen-bond acceptors (Lipinski definition) is 3. The van der Waals surface area contributed by atoms with Crippen LogP contribution in [0.4, 0.5) is 4.39 Å². The lowest BCUT2D eigenvalue weighted by molar-refractivity contribution is 0.0696. The quantitative estimate of drug-likeness (QED) is 0.900. The number of hydrogen-bond donors (Lipinski definition) is 2. The minimum absolute atomic E-state index is 0.0174. The number of carbonyl (C=O) groups is 2. The maximum Gasteiger partial charge on any atom is 0.335 e. The Morgan fingerprint density at radius 1 is 1.29 bits per heavy atom. The van der Waals surface area contributed by atoms with E-state index in [2.05, 4.69) is 10.3 Å². The molecule has 0 saturated carbocycles. The number of carbonyl (C=O) groups excluding carboxylic acids is 1. The van der Waals surface area contributed by atoms with Gasteiger partial charge >= 0.3 is 5.97 Å². The molecule has 0 aliphatic heterocycles. The third-order valence-corrected chi connectivity index (χ3v) is 2.86. The third kappa shape index (κ3) is 3.62. The number of benzene rings is 1. The van der Waals surface area contributed by atoms with E-state index in [0.717, 1.165) is 0 Å². The van der Waals surface area contributed by atoms with E-state index in [-0.39, 0.29) is 23.5 Å². The van der Waals surface area contributed by atoms with Gasteiger partial charge in [0.25, 0.3) is 5.91 Å². The van der Waals surface area contributed by atoms with Crippen molar-refractivity contribution >= 4 is 11.9 Å². The number of pyridine rings is 1. The first kappa shape index (κ1) is 14.6. The smallest absolute Gasteiger partial charge is 0.335 e. The van der Waals surface area contributed by atoms with Gasteiger partial charge in [0.15, 0.2) is 0 Å². The van der Waals surface area contributed by atoms with E-state index in [9.17, 15) is 14.0 Å². The lowest BCUT2D eigenvalue weighted by Gasteiger charge is -2.06. The highest BCUT2D eigenvalue weighted by atomic mass is 19.1. The molecule has 2 rings (SSSR count). The summed E-state index contributed by atoms with van der Waals surface area (Å²) in [6.45, 7) is 0. The van der Waals surface area contributed by atoms with Gasteiger partial charge in [-0.05, 0) is 29.8 Å². The molecule has 2 N–H and O–H groups in total. The minimum Gasteiger partial charge on any atom is -0.478 e. The van der Waals surface area contributed by atoms with Gasteiger partial charge in [0, 0.05) is 19.2 Å². The summed E-state index contributed by atoms with van der Waals surface area (Å²) in [5.74, 6) is -2.00. The predicted octanol–water partition coefficient (Wildman–Crippen LogP) is 1.87. The molecular weight excluding hydrogens is 275 g/mol. The zero-order chi connectivity index (χ0) is 15.4. The minimum atomic E-state index is -1.15. The van der Waals surface area contributed by atoms with Crippen LogP contribution in [-0.4, -0.2) is 29.0 Å². The number of rotatable bonds is 4. The number of nitrogens with one attached hydrogen (secondary N) is 1. The van der Waals surface area contributed by atoms with Crippen LogP contribution in [0, 0.1) is 5.82 Å². The maximum absolute atomic E-state index is 13.2. The summed E-state index contributed by atoms with van der Waals surface area (Å²) in [6, 6.07) is 8.51. The fourth-order valence-electron chi connectivity index (χ4n) is 1.90. The number of amides is 1. The van der Waals surface area contributed by atoms with Crippen LogP contribution in [0.2, 0.25) is 0 Å². The summed E-state index contributed by atoms with van der Waals surface area (Å²) >= 11 is 0. The van der Waals surface area contributed by atoms with Gasteiger partial charge in [0.2, 0.25) is 0 Å². The van der Waals surface area contributed by atoms with Gasteiger partial charge in [-0.25, -0.2) is 14.2 Å². The molecule has 0 atom stereocenters. The lowest BCUT2D eigenvalue weighted by atomic mass is 10.1. The van der Waals surface area contributed by atoms with E-state index in [0.29, 0.717) is 11.3 Å². The van der Waals surface area contributed by atoms with Gasteiger partial charge in [-0.15, -0.1) is 0 Å². The molecule has 0 aliphatic carbocycles. The second kappa shape index (κ2) is 6.13. The second-order valence-electron chi connectivity index (χ2n) is 4.42. The molecule has 1 heterocycles. The van der Waals surface area contributed by atoms with Crippen LogP contribution in [0.3, 0.4) is 0 Å². The molecule has 5 nitrogen and oxygen atoms in total. The first-order valence-electron chi connectivity index (χ1n) is 6.20. The topological polar surface area (TPSA) is 79.3 Å². The molecule has 1 amide bonds. The van der Waals surface area contributed by atoms with Crippen molar-refractivity contribution in [3.8, 4) is 0 Å². The SMILES string of the molecule is CNC(=O)c1cc(C(=O)O)cc(Cc2cccc(F)c2)n1. The summed E-state index contributed by atoms with van der Waals surface area (Å²) in [7, 11) is 1.43. The van der Waals surface area contributed by atoms with Crippen LogP contribution in [0.1, 0.15) is 32.1 Å². The number of carboxylic acid groups (broad SMARTS) is 1. The van der Waals surface area contributed by atoms with Gasteiger partial charge < -0.3 is 10.4 Å². The molecule has 0 radical (unpaired) electrons. The largest absolute Gasteiger partial charge is 0.478 e. The Hall–Kier alpha value is -2.76. The molecule has 0 unspecified atom stereocenters. The van der Waals surface area contributed by atoms with E-state index >= 15 is 0 Å². The summed E-state index contributed by atoms with van der Waals surface area (Å²) in [4.78, 5) is 26.8. The van der Waals surface area contributed by atoms with Crippen molar-refractivity contribution in [1.29, 1.82) is 0 Å². The molecule has 1 aromatic carbocycles. The predicted molar refractivity (Wildman–Crippen MR) is 73.8 cm³/mol. The Labute approximate surface area is 120 Å². The van der Waals surface area contributed by atoms with E-state index in [4.69, 9.17) is 5.11 Å². The van der Waals surface area contributed by atoms with Crippen molar-refractivity contribution in [3.05, 3.63) is 64.7 Å². The second-order valence-corrected chi connectivity index (χ2v) is 4.42. The maximum atomic E-state index is 13.2. The molecule has 0 aliphatic rings. The van der Waals surface area contributed by atoms with Crippen molar-refractivity contribution in [2.24, 2.45) is 0 Å². The average Bonchev–Trinajstić information content (AvgIpc) is 2.46. The van der Waals surface area contributed by atoms with Crippen molar-refractivity contribution in [2.75, 3.05) is 7.05 Å². The van der Waals surface area contributed by atoms with Crippen LogP contribution in [0.5, 0.6) is 0 Å². The number of halogens is 1. The van der Waals surface area contributed by atoms with Crippen molar-refractivity contribution in [1.82, 2.24) is 10.3 Å². The zero-order valence-electron chi connectivity index (χ0n) is 11.3. The molecule has 1 aromatic heterocycles. The summed E-state index contributed by atoms with van der Waals surface area (Å²) in [6.07, 6.45) is 0.239. The van der Waals surface area contributed by atoms with Crippen LogP contribution in [0.25, 0.3) is 0 Å². The summed E-state index contributed by atoms with van der Waals surface area (Å²) < 4.78 is 13.2. The highest BCUT2D eigenvalue weighted by Gasteiger charge is 2.13. The number of aromatic nitrogens is 1. The van der Waals surface area contributed by atoms with Crippen LogP contribution in [-0.2, 0) is 6.42 Å². The molecule has 0 spiro atoms.